The van der Waals surface area contributed by atoms with Crippen molar-refractivity contribution in [3.63, 3.8) is 0 Å². The van der Waals surface area contributed by atoms with Gasteiger partial charge in [0.1, 0.15) is 23.1 Å². The van der Waals surface area contributed by atoms with Crippen LogP contribution in [0.3, 0.4) is 0 Å². The average molecular weight is 473 g/mol. The standard InChI is InChI=1S/C21H21BrN4O4/c1-4-15(20(27)23-11-13-9-14(22)5-6-18(13)29-3)26-21(28)17-10-19-16(7-8-30-19)25(17)12(2)24-26/h5-10,15H,4,11H2,1-3H3,(H,23,27)/t15-/m1/s1. The van der Waals surface area contributed by atoms with E-state index >= 15 is 0 Å². The SMILES string of the molecule is CC[C@H](C(=O)NCc1cc(Br)ccc1OC)n1nc(C)n2c(cc3occc32)c1=O. The Balaban J connectivity index is 1.66. The fraction of sp³-hybridized carbons (Fsp3) is 0.286. The lowest BCUT2D eigenvalue weighted by molar-refractivity contribution is -0.125. The second kappa shape index (κ2) is 7.98. The van der Waals surface area contributed by atoms with Crippen molar-refractivity contribution in [2.45, 2.75) is 32.9 Å². The third-order valence-corrected chi connectivity index (χ3v) is 5.60. The zero-order valence-electron chi connectivity index (χ0n) is 16.8. The number of nitrogens with one attached hydrogen (secondary N) is 1. The van der Waals surface area contributed by atoms with Gasteiger partial charge >= 0.3 is 0 Å². The summed E-state index contributed by atoms with van der Waals surface area (Å²) in [5.41, 5.74) is 2.30. The van der Waals surface area contributed by atoms with Crippen molar-refractivity contribution in [1.82, 2.24) is 19.5 Å². The van der Waals surface area contributed by atoms with Gasteiger partial charge < -0.3 is 14.5 Å². The van der Waals surface area contributed by atoms with Gasteiger partial charge in [-0.3, -0.25) is 14.0 Å². The topological polar surface area (TPSA) is 90.8 Å². The molecule has 0 aliphatic rings. The number of fused-ring (bicyclic) bond motifs is 3. The average Bonchev–Trinajstić information content (AvgIpc) is 3.32. The van der Waals surface area contributed by atoms with Crippen molar-refractivity contribution in [2.75, 3.05) is 7.11 Å². The van der Waals surface area contributed by atoms with E-state index in [0.717, 1.165) is 15.6 Å². The van der Waals surface area contributed by atoms with E-state index in [2.05, 4.69) is 26.3 Å². The van der Waals surface area contributed by atoms with E-state index in [9.17, 15) is 9.59 Å². The monoisotopic (exact) mass is 472 g/mol. The first-order valence-corrected chi connectivity index (χ1v) is 10.3. The van der Waals surface area contributed by atoms with E-state index in [4.69, 9.17) is 9.15 Å². The Morgan fingerprint density at radius 1 is 1.30 bits per heavy atom. The molecule has 0 bridgehead atoms. The molecule has 156 valence electrons. The molecule has 0 aliphatic carbocycles. The zero-order valence-corrected chi connectivity index (χ0v) is 18.4. The summed E-state index contributed by atoms with van der Waals surface area (Å²) in [5, 5.41) is 7.33. The number of benzene rings is 1. The van der Waals surface area contributed by atoms with Crippen molar-refractivity contribution in [3.05, 3.63) is 62.8 Å². The number of carbonyl (C=O) groups excluding carboxylic acids is 1. The van der Waals surface area contributed by atoms with Crippen LogP contribution in [0.15, 0.2) is 50.3 Å². The maximum atomic E-state index is 13.1. The molecule has 1 amide bonds. The summed E-state index contributed by atoms with van der Waals surface area (Å²) < 4.78 is 14.7. The minimum Gasteiger partial charge on any atom is -0.496 e. The molecule has 4 aromatic rings. The molecule has 0 saturated carbocycles. The second-order valence-corrected chi connectivity index (χ2v) is 7.85. The molecule has 30 heavy (non-hydrogen) atoms. The Hall–Kier alpha value is -3.07. The van der Waals surface area contributed by atoms with Gasteiger partial charge in [0.2, 0.25) is 5.91 Å². The first-order valence-electron chi connectivity index (χ1n) is 9.52. The van der Waals surface area contributed by atoms with Crippen LogP contribution in [0.2, 0.25) is 0 Å². The lowest BCUT2D eigenvalue weighted by Gasteiger charge is -2.18. The van der Waals surface area contributed by atoms with Crippen LogP contribution >= 0.6 is 15.9 Å². The maximum Gasteiger partial charge on any atom is 0.291 e. The molecule has 3 aromatic heterocycles. The number of hydrogen-bond acceptors (Lipinski definition) is 5. The molecule has 1 aromatic carbocycles. The van der Waals surface area contributed by atoms with E-state index < -0.39 is 6.04 Å². The van der Waals surface area contributed by atoms with Gasteiger partial charge in [0, 0.05) is 28.7 Å². The van der Waals surface area contributed by atoms with Crippen molar-refractivity contribution in [1.29, 1.82) is 0 Å². The number of halogens is 1. The van der Waals surface area contributed by atoms with Gasteiger partial charge in [0.25, 0.3) is 5.56 Å². The van der Waals surface area contributed by atoms with Crippen molar-refractivity contribution in [3.8, 4) is 5.75 Å². The van der Waals surface area contributed by atoms with Crippen LogP contribution in [0.5, 0.6) is 5.75 Å². The summed E-state index contributed by atoms with van der Waals surface area (Å²) in [5.74, 6) is 0.990. The number of amides is 1. The van der Waals surface area contributed by atoms with Crippen LogP contribution in [0.1, 0.15) is 30.8 Å². The van der Waals surface area contributed by atoms with Crippen LogP contribution in [-0.2, 0) is 11.3 Å². The van der Waals surface area contributed by atoms with Crippen molar-refractivity contribution in [2.24, 2.45) is 0 Å². The highest BCUT2D eigenvalue weighted by Crippen LogP contribution is 2.24. The third kappa shape index (κ3) is 3.39. The lowest BCUT2D eigenvalue weighted by atomic mass is 10.1. The Morgan fingerprint density at radius 3 is 2.83 bits per heavy atom. The molecular weight excluding hydrogens is 452 g/mol. The second-order valence-electron chi connectivity index (χ2n) is 6.93. The zero-order chi connectivity index (χ0) is 21.4. The Morgan fingerprint density at radius 2 is 2.10 bits per heavy atom. The Kier molecular flexibility index (Phi) is 5.38. The number of nitrogens with zero attached hydrogens (tertiary/aromatic N) is 3. The molecule has 3 heterocycles. The molecule has 0 aliphatic heterocycles. The van der Waals surface area contributed by atoms with Crippen molar-refractivity contribution >= 4 is 38.5 Å². The maximum absolute atomic E-state index is 13.1. The molecule has 0 spiro atoms. The summed E-state index contributed by atoms with van der Waals surface area (Å²) in [4.78, 5) is 26.1. The van der Waals surface area contributed by atoms with Gasteiger partial charge in [0.05, 0.1) is 18.9 Å². The highest BCUT2D eigenvalue weighted by atomic mass is 79.9. The van der Waals surface area contributed by atoms with Crippen molar-refractivity contribution < 1.29 is 13.9 Å². The summed E-state index contributed by atoms with van der Waals surface area (Å²) in [6, 6.07) is 8.32. The molecule has 0 unspecified atom stereocenters. The number of rotatable bonds is 6. The summed E-state index contributed by atoms with van der Waals surface area (Å²) in [7, 11) is 1.58. The first-order chi connectivity index (χ1) is 14.4. The van der Waals surface area contributed by atoms with Gasteiger partial charge in [-0.25, -0.2) is 4.68 Å². The first kappa shape index (κ1) is 20.2. The number of aryl methyl sites for hydroxylation is 1. The lowest BCUT2D eigenvalue weighted by Crippen LogP contribution is -2.39. The van der Waals surface area contributed by atoms with Gasteiger partial charge in [-0.05, 0) is 31.5 Å². The summed E-state index contributed by atoms with van der Waals surface area (Å²) in [6.45, 7) is 3.92. The third-order valence-electron chi connectivity index (χ3n) is 5.11. The number of furan rings is 1. The molecule has 0 radical (unpaired) electrons. The number of hydrogen-bond donors (Lipinski definition) is 1. The molecule has 9 heteroatoms. The predicted octanol–water partition coefficient (Wildman–Crippen LogP) is 3.59. The van der Waals surface area contributed by atoms with Gasteiger partial charge in [-0.15, -0.1) is 0 Å². The fourth-order valence-electron chi connectivity index (χ4n) is 3.66. The fourth-order valence-corrected chi connectivity index (χ4v) is 4.07. The molecular formula is C21H21BrN4O4. The normalized spacial score (nSPS) is 12.4. The number of ether oxygens (including phenoxy) is 1. The minimum atomic E-state index is -0.736. The van der Waals surface area contributed by atoms with Crippen LogP contribution < -0.4 is 15.6 Å². The van der Waals surface area contributed by atoms with Crippen LogP contribution in [0.25, 0.3) is 16.6 Å². The van der Waals surface area contributed by atoms with E-state index in [1.54, 1.807) is 36.8 Å². The van der Waals surface area contributed by atoms with Crippen LogP contribution in [0.4, 0.5) is 0 Å². The highest BCUT2D eigenvalue weighted by Gasteiger charge is 2.24. The number of carbonyl (C=O) groups is 1. The van der Waals surface area contributed by atoms with Crippen LogP contribution in [-0.4, -0.2) is 27.2 Å². The van der Waals surface area contributed by atoms with Gasteiger partial charge in [-0.2, -0.15) is 5.10 Å². The van der Waals surface area contributed by atoms with Gasteiger partial charge in [0.15, 0.2) is 5.58 Å². The molecule has 0 saturated heterocycles. The quantitative estimate of drug-likeness (QED) is 0.462. The molecule has 4 rings (SSSR count). The Labute approximate surface area is 180 Å². The highest BCUT2D eigenvalue weighted by molar-refractivity contribution is 9.10. The minimum absolute atomic E-state index is 0.270. The molecule has 8 nitrogen and oxygen atoms in total. The molecule has 1 atom stereocenters. The predicted molar refractivity (Wildman–Crippen MR) is 116 cm³/mol. The van der Waals surface area contributed by atoms with E-state index in [0.29, 0.717) is 29.1 Å². The number of aromatic nitrogens is 3. The Bertz CT molecular complexity index is 1300. The largest absolute Gasteiger partial charge is 0.496 e. The van der Waals surface area contributed by atoms with E-state index in [1.165, 1.54) is 4.68 Å². The van der Waals surface area contributed by atoms with Crippen LogP contribution in [0, 0.1) is 6.92 Å². The van der Waals surface area contributed by atoms with E-state index in [-0.39, 0.29) is 18.0 Å². The molecule has 1 N–H and O–H groups in total. The van der Waals surface area contributed by atoms with E-state index in [1.807, 2.05) is 25.1 Å². The smallest absolute Gasteiger partial charge is 0.291 e. The van der Waals surface area contributed by atoms with Gasteiger partial charge in [-0.1, -0.05) is 22.9 Å². The summed E-state index contributed by atoms with van der Waals surface area (Å²) in [6.07, 6.45) is 1.99. The number of methoxy groups -OCH3 is 1. The molecule has 0 fully saturated rings. The summed E-state index contributed by atoms with van der Waals surface area (Å²) >= 11 is 3.43.